The second-order valence-electron chi connectivity index (χ2n) is 7.81. The molecule has 0 bridgehead atoms. The third-order valence-electron chi connectivity index (χ3n) is 6.00. The minimum absolute atomic E-state index is 0.0521. The Hall–Kier alpha value is -4.29. The molecule has 1 heterocycles. The maximum atomic E-state index is 11.8. The number of nitro benzene ring substituents is 1. The van der Waals surface area contributed by atoms with Gasteiger partial charge in [0.15, 0.2) is 11.4 Å². The van der Waals surface area contributed by atoms with E-state index in [2.05, 4.69) is 0 Å². The van der Waals surface area contributed by atoms with E-state index in [1.807, 2.05) is 91.0 Å². The average Bonchev–Trinajstić information content (AvgIpc) is 3.21. The second-order valence-corrected chi connectivity index (χ2v) is 8.17. The van der Waals surface area contributed by atoms with Crippen LogP contribution in [0.5, 0.6) is 0 Å². The SMILES string of the molecule is O=Cc1cc2c(Cl)nn(C(c3ccccc3)(c3ccccc3)c3ccccc3)c2cc1[N+](=O)[O-]. The summed E-state index contributed by atoms with van der Waals surface area (Å²) in [5, 5.41) is 17.1. The number of nitrogens with zero attached hydrogens (tertiary/aromatic N) is 3. The number of hydrogen-bond donors (Lipinski definition) is 0. The van der Waals surface area contributed by atoms with E-state index in [0.717, 1.165) is 16.7 Å². The molecule has 1 aromatic heterocycles. The number of halogens is 1. The molecule has 0 saturated heterocycles. The van der Waals surface area contributed by atoms with E-state index < -0.39 is 10.5 Å². The highest BCUT2D eigenvalue weighted by atomic mass is 35.5. The van der Waals surface area contributed by atoms with Crippen molar-refractivity contribution in [1.29, 1.82) is 0 Å². The number of fused-ring (bicyclic) bond motifs is 1. The zero-order valence-electron chi connectivity index (χ0n) is 17.8. The Labute approximate surface area is 200 Å². The molecule has 6 nitrogen and oxygen atoms in total. The van der Waals surface area contributed by atoms with Crippen LogP contribution >= 0.6 is 11.6 Å². The fourth-order valence-electron chi connectivity index (χ4n) is 4.54. The first-order valence-electron chi connectivity index (χ1n) is 10.6. The molecule has 7 heteroatoms. The van der Waals surface area contributed by atoms with Crippen molar-refractivity contribution in [3.8, 4) is 0 Å². The molecule has 5 rings (SSSR count). The first kappa shape index (κ1) is 21.6. The van der Waals surface area contributed by atoms with Crippen LogP contribution in [-0.4, -0.2) is 21.0 Å². The molecule has 166 valence electrons. The molecule has 0 amide bonds. The first-order valence-corrected chi connectivity index (χ1v) is 10.9. The van der Waals surface area contributed by atoms with Crippen molar-refractivity contribution in [2.24, 2.45) is 0 Å². The van der Waals surface area contributed by atoms with Crippen LogP contribution in [0.1, 0.15) is 27.0 Å². The lowest BCUT2D eigenvalue weighted by atomic mass is 9.77. The van der Waals surface area contributed by atoms with Crippen molar-refractivity contribution in [2.75, 3.05) is 0 Å². The number of aromatic nitrogens is 2. The molecular formula is C27H18ClN3O3. The largest absolute Gasteiger partial charge is 0.298 e. The fraction of sp³-hybridized carbons (Fsp3) is 0.0370. The van der Waals surface area contributed by atoms with Gasteiger partial charge in [-0.05, 0) is 22.8 Å². The van der Waals surface area contributed by atoms with Crippen LogP contribution in [0.25, 0.3) is 10.9 Å². The smallest absolute Gasteiger partial charge is 0.282 e. The number of nitro groups is 1. The number of rotatable bonds is 6. The monoisotopic (exact) mass is 467 g/mol. The van der Waals surface area contributed by atoms with Crippen LogP contribution < -0.4 is 0 Å². The van der Waals surface area contributed by atoms with E-state index >= 15 is 0 Å². The summed E-state index contributed by atoms with van der Waals surface area (Å²) in [4.78, 5) is 22.8. The summed E-state index contributed by atoms with van der Waals surface area (Å²) in [6.45, 7) is 0. The molecule has 0 atom stereocenters. The van der Waals surface area contributed by atoms with E-state index in [4.69, 9.17) is 16.7 Å². The minimum Gasteiger partial charge on any atom is -0.298 e. The van der Waals surface area contributed by atoms with Gasteiger partial charge in [-0.3, -0.25) is 14.9 Å². The van der Waals surface area contributed by atoms with Gasteiger partial charge in [0.1, 0.15) is 5.54 Å². The number of carbonyl (C=O) groups is 1. The van der Waals surface area contributed by atoms with Crippen molar-refractivity contribution in [3.05, 3.63) is 141 Å². The van der Waals surface area contributed by atoms with Crippen LogP contribution in [-0.2, 0) is 5.54 Å². The molecule has 0 unspecified atom stereocenters. The zero-order valence-corrected chi connectivity index (χ0v) is 18.6. The first-order chi connectivity index (χ1) is 16.6. The Morgan fingerprint density at radius 2 is 1.29 bits per heavy atom. The Balaban J connectivity index is 2.00. The molecule has 4 aromatic carbocycles. The number of benzene rings is 4. The predicted octanol–water partition coefficient (Wildman–Crippen LogP) is 6.25. The Morgan fingerprint density at radius 3 is 1.71 bits per heavy atom. The average molecular weight is 468 g/mol. The van der Waals surface area contributed by atoms with Gasteiger partial charge in [0.05, 0.1) is 16.0 Å². The fourth-order valence-corrected chi connectivity index (χ4v) is 4.77. The molecule has 0 fully saturated rings. The van der Waals surface area contributed by atoms with Gasteiger partial charge in [-0.15, -0.1) is 0 Å². The van der Waals surface area contributed by atoms with Crippen LogP contribution in [0.15, 0.2) is 103 Å². The van der Waals surface area contributed by atoms with Crippen LogP contribution in [0.3, 0.4) is 0 Å². The lowest BCUT2D eigenvalue weighted by molar-refractivity contribution is -0.384. The summed E-state index contributed by atoms with van der Waals surface area (Å²) in [5.74, 6) is 0. The highest BCUT2D eigenvalue weighted by Crippen LogP contribution is 2.44. The molecule has 0 saturated carbocycles. The quantitative estimate of drug-likeness (QED) is 0.128. The molecule has 0 N–H and O–H groups in total. The van der Waals surface area contributed by atoms with Gasteiger partial charge >= 0.3 is 0 Å². The van der Waals surface area contributed by atoms with Gasteiger partial charge in [-0.1, -0.05) is 103 Å². The summed E-state index contributed by atoms with van der Waals surface area (Å²) in [6.07, 6.45) is 0.462. The van der Waals surface area contributed by atoms with Crippen molar-refractivity contribution in [3.63, 3.8) is 0 Å². The summed E-state index contributed by atoms with van der Waals surface area (Å²) >= 11 is 6.59. The van der Waals surface area contributed by atoms with Crippen molar-refractivity contribution < 1.29 is 9.72 Å². The highest BCUT2D eigenvalue weighted by molar-refractivity contribution is 6.34. The molecule has 0 aliphatic rings. The minimum atomic E-state index is -0.994. The molecule has 34 heavy (non-hydrogen) atoms. The van der Waals surface area contributed by atoms with Crippen molar-refractivity contribution in [2.45, 2.75) is 5.54 Å². The maximum absolute atomic E-state index is 11.8. The Bertz CT molecular complexity index is 1400. The van der Waals surface area contributed by atoms with Gasteiger partial charge in [-0.2, -0.15) is 5.10 Å². The van der Waals surface area contributed by atoms with Gasteiger partial charge < -0.3 is 0 Å². The molecule has 0 aliphatic heterocycles. The van der Waals surface area contributed by atoms with Gasteiger partial charge in [-0.25, -0.2) is 4.68 Å². The molecule has 0 spiro atoms. The molecular weight excluding hydrogens is 450 g/mol. The maximum Gasteiger partial charge on any atom is 0.282 e. The van der Waals surface area contributed by atoms with E-state index in [9.17, 15) is 14.9 Å². The van der Waals surface area contributed by atoms with Gasteiger partial charge in [0.25, 0.3) is 5.69 Å². The topological polar surface area (TPSA) is 78.0 Å². The van der Waals surface area contributed by atoms with Crippen LogP contribution in [0, 0.1) is 10.1 Å². The third kappa shape index (κ3) is 3.27. The second kappa shape index (κ2) is 8.57. The number of carbonyl (C=O) groups excluding carboxylic acids is 1. The Morgan fingerprint density at radius 1 is 0.824 bits per heavy atom. The normalized spacial score (nSPS) is 11.4. The predicted molar refractivity (Wildman–Crippen MR) is 131 cm³/mol. The number of aldehydes is 1. The lowest BCUT2D eigenvalue weighted by Crippen LogP contribution is -2.38. The summed E-state index contributed by atoms with van der Waals surface area (Å²) in [7, 11) is 0. The van der Waals surface area contributed by atoms with Crippen molar-refractivity contribution >= 4 is 34.5 Å². The summed E-state index contributed by atoms with van der Waals surface area (Å²) < 4.78 is 1.73. The van der Waals surface area contributed by atoms with E-state index in [1.54, 1.807) is 4.68 Å². The summed E-state index contributed by atoms with van der Waals surface area (Å²) in [5.41, 5.74) is 1.79. The van der Waals surface area contributed by atoms with Gasteiger partial charge in [0.2, 0.25) is 0 Å². The van der Waals surface area contributed by atoms with Gasteiger partial charge in [0, 0.05) is 11.5 Å². The highest BCUT2D eigenvalue weighted by Gasteiger charge is 2.41. The van der Waals surface area contributed by atoms with Crippen LogP contribution in [0.2, 0.25) is 5.15 Å². The third-order valence-corrected chi connectivity index (χ3v) is 6.28. The van der Waals surface area contributed by atoms with Crippen molar-refractivity contribution in [1.82, 2.24) is 9.78 Å². The van der Waals surface area contributed by atoms with Crippen LogP contribution in [0.4, 0.5) is 5.69 Å². The van der Waals surface area contributed by atoms with E-state index in [0.29, 0.717) is 17.2 Å². The molecule has 5 aromatic rings. The number of hydrogen-bond acceptors (Lipinski definition) is 4. The standard InChI is InChI=1S/C27H18ClN3O3/c28-26-23-16-19(18-32)24(31(33)34)17-25(23)30(29-26)27(20-10-4-1-5-11-20,21-12-6-2-7-13-21)22-14-8-3-9-15-22/h1-18H. The van der Waals surface area contributed by atoms with E-state index in [-0.39, 0.29) is 16.4 Å². The molecule has 0 radical (unpaired) electrons. The lowest BCUT2D eigenvalue weighted by Gasteiger charge is -2.36. The van der Waals surface area contributed by atoms with E-state index in [1.165, 1.54) is 12.1 Å². The summed E-state index contributed by atoms with van der Waals surface area (Å²) in [6, 6.07) is 32.2. The Kier molecular flexibility index (Phi) is 5.43. The molecule has 0 aliphatic carbocycles. The zero-order chi connectivity index (χ0) is 23.7.